The van der Waals surface area contributed by atoms with Crippen molar-refractivity contribution in [2.45, 2.75) is 19.5 Å². The van der Waals surface area contributed by atoms with Gasteiger partial charge in [0.1, 0.15) is 11.5 Å². The van der Waals surface area contributed by atoms with E-state index in [0.717, 1.165) is 29.0 Å². The summed E-state index contributed by atoms with van der Waals surface area (Å²) in [4.78, 5) is 0. The van der Waals surface area contributed by atoms with Gasteiger partial charge in [0.05, 0.1) is 20.8 Å². The first-order chi connectivity index (χ1) is 12.7. The van der Waals surface area contributed by atoms with Gasteiger partial charge in [-0.05, 0) is 30.7 Å². The van der Waals surface area contributed by atoms with Crippen molar-refractivity contribution in [1.82, 2.24) is 5.32 Å². The standard InChI is InChI=1S/C20H25NO5/c1-13(11-22-2)21-10-14-5-6-17(23-3)15(7-14)16-8-19-20(26-12-25-19)9-18(16)24-4/h5-9,13,21H,10-12H2,1-4H3. The van der Waals surface area contributed by atoms with Crippen LogP contribution in [0.3, 0.4) is 0 Å². The van der Waals surface area contributed by atoms with E-state index >= 15 is 0 Å². The largest absolute Gasteiger partial charge is 0.496 e. The lowest BCUT2D eigenvalue weighted by atomic mass is 10.00. The lowest BCUT2D eigenvalue weighted by Crippen LogP contribution is -2.29. The molecule has 140 valence electrons. The van der Waals surface area contributed by atoms with Crippen molar-refractivity contribution in [3.63, 3.8) is 0 Å². The molecule has 1 unspecified atom stereocenters. The molecule has 0 amide bonds. The predicted octanol–water partition coefficient (Wildman–Crippen LogP) is 3.22. The number of nitrogens with one attached hydrogen (secondary N) is 1. The topological polar surface area (TPSA) is 58.2 Å². The third-order valence-electron chi connectivity index (χ3n) is 4.32. The number of fused-ring (bicyclic) bond motifs is 1. The molecule has 1 aliphatic heterocycles. The van der Waals surface area contributed by atoms with Gasteiger partial charge in [0.2, 0.25) is 6.79 Å². The van der Waals surface area contributed by atoms with Crippen LogP contribution in [-0.4, -0.2) is 40.8 Å². The third kappa shape index (κ3) is 3.86. The van der Waals surface area contributed by atoms with E-state index in [4.69, 9.17) is 23.7 Å². The summed E-state index contributed by atoms with van der Waals surface area (Å²) in [6, 6.07) is 10.2. The smallest absolute Gasteiger partial charge is 0.231 e. The van der Waals surface area contributed by atoms with Crippen molar-refractivity contribution in [2.75, 3.05) is 34.7 Å². The van der Waals surface area contributed by atoms with Gasteiger partial charge in [-0.1, -0.05) is 6.07 Å². The average molecular weight is 359 g/mol. The molecule has 0 bridgehead atoms. The molecule has 1 atom stereocenters. The van der Waals surface area contributed by atoms with Crippen LogP contribution in [0.25, 0.3) is 11.1 Å². The summed E-state index contributed by atoms with van der Waals surface area (Å²) in [7, 11) is 5.01. The number of hydrogen-bond donors (Lipinski definition) is 1. The summed E-state index contributed by atoms with van der Waals surface area (Å²) >= 11 is 0. The fourth-order valence-corrected chi connectivity index (χ4v) is 2.98. The van der Waals surface area contributed by atoms with Crippen molar-refractivity contribution in [3.8, 4) is 34.1 Å². The van der Waals surface area contributed by atoms with Gasteiger partial charge in [-0.2, -0.15) is 0 Å². The van der Waals surface area contributed by atoms with Gasteiger partial charge in [0.25, 0.3) is 0 Å². The number of ether oxygens (including phenoxy) is 5. The van der Waals surface area contributed by atoms with Crippen LogP contribution in [0.4, 0.5) is 0 Å². The van der Waals surface area contributed by atoms with E-state index in [1.807, 2.05) is 24.3 Å². The van der Waals surface area contributed by atoms with Gasteiger partial charge in [-0.3, -0.25) is 0 Å². The number of rotatable bonds is 8. The zero-order valence-corrected chi connectivity index (χ0v) is 15.6. The van der Waals surface area contributed by atoms with E-state index < -0.39 is 0 Å². The van der Waals surface area contributed by atoms with Crippen molar-refractivity contribution in [3.05, 3.63) is 35.9 Å². The highest BCUT2D eigenvalue weighted by atomic mass is 16.7. The number of methoxy groups -OCH3 is 3. The highest BCUT2D eigenvalue weighted by molar-refractivity contribution is 5.79. The fourth-order valence-electron chi connectivity index (χ4n) is 2.98. The molecule has 0 radical (unpaired) electrons. The SMILES string of the molecule is COCC(C)NCc1ccc(OC)c(-c2cc3c(cc2OC)OCO3)c1. The summed E-state index contributed by atoms with van der Waals surface area (Å²) in [5, 5.41) is 3.44. The Morgan fingerprint density at radius 3 is 2.35 bits per heavy atom. The Kier molecular flexibility index (Phi) is 5.85. The van der Waals surface area contributed by atoms with E-state index in [1.165, 1.54) is 0 Å². The first-order valence-corrected chi connectivity index (χ1v) is 8.53. The molecule has 0 spiro atoms. The molecule has 0 fully saturated rings. The second-order valence-electron chi connectivity index (χ2n) is 6.18. The molecule has 6 nitrogen and oxygen atoms in total. The maximum absolute atomic E-state index is 5.57. The van der Waals surface area contributed by atoms with E-state index in [-0.39, 0.29) is 12.8 Å². The minimum atomic E-state index is 0.223. The summed E-state index contributed by atoms with van der Waals surface area (Å²) in [5.41, 5.74) is 2.99. The van der Waals surface area contributed by atoms with Crippen LogP contribution in [0, 0.1) is 0 Å². The zero-order chi connectivity index (χ0) is 18.5. The van der Waals surface area contributed by atoms with Gasteiger partial charge in [-0.15, -0.1) is 0 Å². The zero-order valence-electron chi connectivity index (χ0n) is 15.6. The van der Waals surface area contributed by atoms with Gasteiger partial charge < -0.3 is 29.0 Å². The Balaban J connectivity index is 1.94. The molecule has 2 aromatic carbocycles. The quantitative estimate of drug-likeness (QED) is 0.781. The summed E-state index contributed by atoms with van der Waals surface area (Å²) < 4.78 is 27.3. The van der Waals surface area contributed by atoms with E-state index in [2.05, 4.69) is 18.3 Å². The molecule has 0 aromatic heterocycles. The van der Waals surface area contributed by atoms with Crippen LogP contribution in [-0.2, 0) is 11.3 Å². The molecule has 0 aliphatic carbocycles. The molecule has 1 N–H and O–H groups in total. The Morgan fingerprint density at radius 2 is 1.65 bits per heavy atom. The molecular weight excluding hydrogens is 334 g/mol. The lowest BCUT2D eigenvalue weighted by molar-refractivity contribution is 0.171. The van der Waals surface area contributed by atoms with Crippen molar-refractivity contribution >= 4 is 0 Å². The van der Waals surface area contributed by atoms with E-state index in [9.17, 15) is 0 Å². The Hall–Kier alpha value is -2.44. The van der Waals surface area contributed by atoms with Crippen LogP contribution >= 0.6 is 0 Å². The minimum Gasteiger partial charge on any atom is -0.496 e. The van der Waals surface area contributed by atoms with Crippen LogP contribution in [0.15, 0.2) is 30.3 Å². The van der Waals surface area contributed by atoms with Crippen LogP contribution in [0.2, 0.25) is 0 Å². The molecule has 1 heterocycles. The maximum Gasteiger partial charge on any atom is 0.231 e. The number of hydrogen-bond acceptors (Lipinski definition) is 6. The van der Waals surface area contributed by atoms with Crippen LogP contribution in [0.1, 0.15) is 12.5 Å². The minimum absolute atomic E-state index is 0.223. The summed E-state index contributed by atoms with van der Waals surface area (Å²) in [6.07, 6.45) is 0. The molecule has 1 aliphatic rings. The first-order valence-electron chi connectivity index (χ1n) is 8.53. The monoisotopic (exact) mass is 359 g/mol. The van der Waals surface area contributed by atoms with Crippen LogP contribution < -0.4 is 24.3 Å². The summed E-state index contributed by atoms with van der Waals surface area (Å²) in [5.74, 6) is 2.89. The second-order valence-corrected chi connectivity index (χ2v) is 6.18. The third-order valence-corrected chi connectivity index (χ3v) is 4.32. The number of benzene rings is 2. The van der Waals surface area contributed by atoms with Gasteiger partial charge >= 0.3 is 0 Å². The molecule has 0 saturated heterocycles. The molecular formula is C20H25NO5. The Morgan fingerprint density at radius 1 is 0.962 bits per heavy atom. The highest BCUT2D eigenvalue weighted by Crippen LogP contribution is 2.45. The van der Waals surface area contributed by atoms with Gasteiger partial charge in [0.15, 0.2) is 11.5 Å². The maximum atomic E-state index is 5.57. The van der Waals surface area contributed by atoms with Crippen LogP contribution in [0.5, 0.6) is 23.0 Å². The molecule has 3 rings (SSSR count). The molecule has 26 heavy (non-hydrogen) atoms. The van der Waals surface area contributed by atoms with E-state index in [1.54, 1.807) is 21.3 Å². The Labute approximate surface area is 154 Å². The van der Waals surface area contributed by atoms with Gasteiger partial charge in [0, 0.05) is 36.9 Å². The lowest BCUT2D eigenvalue weighted by Gasteiger charge is -2.16. The fraction of sp³-hybridized carbons (Fsp3) is 0.400. The second kappa shape index (κ2) is 8.29. The summed E-state index contributed by atoms with van der Waals surface area (Å²) in [6.45, 7) is 3.71. The van der Waals surface area contributed by atoms with Gasteiger partial charge in [-0.25, -0.2) is 0 Å². The highest BCUT2D eigenvalue weighted by Gasteiger charge is 2.21. The Bertz CT molecular complexity index is 762. The van der Waals surface area contributed by atoms with Crippen molar-refractivity contribution in [2.24, 2.45) is 0 Å². The molecule has 0 saturated carbocycles. The normalized spacial score (nSPS) is 13.5. The predicted molar refractivity (Wildman–Crippen MR) is 99.3 cm³/mol. The van der Waals surface area contributed by atoms with Crippen molar-refractivity contribution < 1.29 is 23.7 Å². The van der Waals surface area contributed by atoms with E-state index in [0.29, 0.717) is 23.9 Å². The molecule has 6 heteroatoms. The first kappa shape index (κ1) is 18.4. The average Bonchev–Trinajstić information content (AvgIpc) is 3.12. The van der Waals surface area contributed by atoms with Crippen molar-refractivity contribution in [1.29, 1.82) is 0 Å². The molecule has 2 aromatic rings.